The molecular weight excluding hydrogens is 283 g/mol. The number of hydrogen-bond acceptors (Lipinski definition) is 2. The molecule has 0 spiro atoms. The summed E-state index contributed by atoms with van der Waals surface area (Å²) in [6.07, 6.45) is -2.60. The highest BCUT2D eigenvalue weighted by molar-refractivity contribution is 5.78. The Bertz CT molecular complexity index is 496. The molecule has 1 amide bonds. The van der Waals surface area contributed by atoms with Crippen LogP contribution in [0.1, 0.15) is 30.9 Å². The third-order valence-electron chi connectivity index (χ3n) is 3.53. The zero-order chi connectivity index (χ0) is 15.5. The van der Waals surface area contributed by atoms with Crippen molar-refractivity contribution in [1.82, 2.24) is 5.32 Å². The van der Waals surface area contributed by atoms with Crippen molar-refractivity contribution in [2.24, 2.45) is 0 Å². The summed E-state index contributed by atoms with van der Waals surface area (Å²) < 4.78 is 43.3. The van der Waals surface area contributed by atoms with Gasteiger partial charge in [0.2, 0.25) is 5.91 Å². The Morgan fingerprint density at radius 3 is 2.86 bits per heavy atom. The lowest BCUT2D eigenvalue weighted by molar-refractivity contribution is -0.137. The lowest BCUT2D eigenvalue weighted by atomic mass is 10.1. The molecule has 0 radical (unpaired) electrons. The number of alkyl halides is 3. The Kier molecular flexibility index (Phi) is 4.88. The van der Waals surface area contributed by atoms with E-state index in [4.69, 9.17) is 4.74 Å². The second-order valence-corrected chi connectivity index (χ2v) is 5.28. The molecule has 0 bridgehead atoms. The van der Waals surface area contributed by atoms with Gasteiger partial charge in [0.15, 0.2) is 0 Å². The van der Waals surface area contributed by atoms with E-state index in [9.17, 15) is 18.0 Å². The van der Waals surface area contributed by atoms with E-state index >= 15 is 0 Å². The molecule has 2 atom stereocenters. The summed E-state index contributed by atoms with van der Waals surface area (Å²) in [7, 11) is 0. The highest BCUT2D eigenvalue weighted by Gasteiger charge is 2.30. The highest BCUT2D eigenvalue weighted by atomic mass is 19.4. The van der Waals surface area contributed by atoms with Crippen LogP contribution in [0.4, 0.5) is 13.2 Å². The van der Waals surface area contributed by atoms with Crippen LogP contribution in [0.2, 0.25) is 0 Å². The minimum Gasteiger partial charge on any atom is -0.376 e. The number of benzene rings is 1. The van der Waals surface area contributed by atoms with Crippen LogP contribution < -0.4 is 5.32 Å². The maximum absolute atomic E-state index is 12.6. The molecule has 116 valence electrons. The molecule has 6 heteroatoms. The molecule has 0 unspecified atom stereocenters. The third kappa shape index (κ3) is 4.46. The molecule has 1 aliphatic heterocycles. The average molecular weight is 301 g/mol. The Balaban J connectivity index is 1.93. The van der Waals surface area contributed by atoms with Gasteiger partial charge < -0.3 is 10.1 Å². The predicted molar refractivity (Wildman–Crippen MR) is 71.7 cm³/mol. The van der Waals surface area contributed by atoms with E-state index in [1.54, 1.807) is 0 Å². The Labute approximate surface area is 121 Å². The van der Waals surface area contributed by atoms with E-state index in [-0.39, 0.29) is 24.5 Å². The Morgan fingerprint density at radius 1 is 1.48 bits per heavy atom. The van der Waals surface area contributed by atoms with Crippen molar-refractivity contribution >= 4 is 5.91 Å². The SMILES string of the molecule is C[C@H](NC(=O)Cc1cccc(C(F)(F)F)c1)[C@@H]1CCCO1. The van der Waals surface area contributed by atoms with Crippen LogP contribution >= 0.6 is 0 Å². The maximum atomic E-state index is 12.6. The zero-order valence-corrected chi connectivity index (χ0v) is 11.7. The summed E-state index contributed by atoms with van der Waals surface area (Å²) in [6.45, 7) is 2.54. The van der Waals surface area contributed by atoms with E-state index in [0.717, 1.165) is 25.0 Å². The van der Waals surface area contributed by atoms with Gasteiger partial charge in [-0.1, -0.05) is 18.2 Å². The van der Waals surface area contributed by atoms with Gasteiger partial charge in [-0.2, -0.15) is 13.2 Å². The first-order valence-corrected chi connectivity index (χ1v) is 6.93. The van der Waals surface area contributed by atoms with Crippen molar-refractivity contribution in [3.05, 3.63) is 35.4 Å². The summed E-state index contributed by atoms with van der Waals surface area (Å²) in [5.41, 5.74) is -0.387. The first-order chi connectivity index (χ1) is 9.86. The van der Waals surface area contributed by atoms with Crippen LogP contribution in [-0.2, 0) is 22.1 Å². The smallest absolute Gasteiger partial charge is 0.376 e. The monoisotopic (exact) mass is 301 g/mol. The number of carbonyl (C=O) groups excluding carboxylic acids is 1. The number of amides is 1. The normalized spacial score (nSPS) is 20.3. The van der Waals surface area contributed by atoms with Gasteiger partial charge in [0.1, 0.15) is 0 Å². The molecule has 0 aliphatic carbocycles. The van der Waals surface area contributed by atoms with Crippen molar-refractivity contribution in [2.75, 3.05) is 6.61 Å². The van der Waals surface area contributed by atoms with Crippen LogP contribution in [-0.4, -0.2) is 24.7 Å². The largest absolute Gasteiger partial charge is 0.416 e. The standard InChI is InChI=1S/C15H18F3NO2/c1-10(13-6-3-7-21-13)19-14(20)9-11-4-2-5-12(8-11)15(16,17)18/h2,4-5,8,10,13H,3,6-7,9H2,1H3,(H,19,20)/t10-,13-/m0/s1. The molecule has 1 fully saturated rings. The summed E-state index contributed by atoms with van der Waals surface area (Å²) in [4.78, 5) is 11.9. The molecule has 1 aliphatic rings. The first kappa shape index (κ1) is 15.8. The van der Waals surface area contributed by atoms with E-state index in [0.29, 0.717) is 12.2 Å². The van der Waals surface area contributed by atoms with Crippen molar-refractivity contribution in [1.29, 1.82) is 0 Å². The molecule has 1 N–H and O–H groups in total. The van der Waals surface area contributed by atoms with Gasteiger partial charge in [0, 0.05) is 6.61 Å². The predicted octanol–water partition coefficient (Wildman–Crippen LogP) is 2.93. The summed E-state index contributed by atoms with van der Waals surface area (Å²) in [5, 5.41) is 2.78. The lowest BCUT2D eigenvalue weighted by Gasteiger charge is -2.20. The van der Waals surface area contributed by atoms with Gasteiger partial charge in [0.05, 0.1) is 24.1 Å². The van der Waals surface area contributed by atoms with E-state index in [1.807, 2.05) is 6.92 Å². The number of halogens is 3. The Morgan fingerprint density at radius 2 is 2.24 bits per heavy atom. The minimum atomic E-state index is -4.39. The van der Waals surface area contributed by atoms with Crippen LogP contribution in [0, 0.1) is 0 Å². The van der Waals surface area contributed by atoms with Crippen molar-refractivity contribution in [2.45, 2.75) is 44.5 Å². The van der Waals surface area contributed by atoms with E-state index in [2.05, 4.69) is 5.32 Å². The lowest BCUT2D eigenvalue weighted by Crippen LogP contribution is -2.41. The zero-order valence-electron chi connectivity index (χ0n) is 11.7. The molecule has 2 rings (SSSR count). The number of nitrogens with one attached hydrogen (secondary N) is 1. The van der Waals surface area contributed by atoms with Crippen molar-refractivity contribution < 1.29 is 22.7 Å². The van der Waals surface area contributed by atoms with Crippen LogP contribution in [0.25, 0.3) is 0 Å². The molecule has 1 saturated heterocycles. The quantitative estimate of drug-likeness (QED) is 0.928. The number of ether oxygens (including phenoxy) is 1. The van der Waals surface area contributed by atoms with Gasteiger partial charge in [-0.25, -0.2) is 0 Å². The average Bonchev–Trinajstić information content (AvgIpc) is 2.91. The van der Waals surface area contributed by atoms with Crippen molar-refractivity contribution in [3.8, 4) is 0 Å². The van der Waals surface area contributed by atoms with Crippen LogP contribution in [0.5, 0.6) is 0 Å². The molecule has 0 aromatic heterocycles. The fourth-order valence-electron chi connectivity index (χ4n) is 2.44. The maximum Gasteiger partial charge on any atom is 0.416 e. The van der Waals surface area contributed by atoms with Crippen molar-refractivity contribution in [3.63, 3.8) is 0 Å². The summed E-state index contributed by atoms with van der Waals surface area (Å²) in [5.74, 6) is -0.294. The fourth-order valence-corrected chi connectivity index (χ4v) is 2.44. The third-order valence-corrected chi connectivity index (χ3v) is 3.53. The minimum absolute atomic E-state index is 0.00420. The number of carbonyl (C=O) groups is 1. The van der Waals surface area contributed by atoms with Crippen LogP contribution in [0.15, 0.2) is 24.3 Å². The highest BCUT2D eigenvalue weighted by Crippen LogP contribution is 2.29. The summed E-state index contributed by atoms with van der Waals surface area (Å²) >= 11 is 0. The van der Waals surface area contributed by atoms with E-state index < -0.39 is 11.7 Å². The van der Waals surface area contributed by atoms with Crippen LogP contribution in [0.3, 0.4) is 0 Å². The second-order valence-electron chi connectivity index (χ2n) is 5.28. The summed E-state index contributed by atoms with van der Waals surface area (Å²) in [6, 6.07) is 4.71. The molecule has 21 heavy (non-hydrogen) atoms. The van der Waals surface area contributed by atoms with Gasteiger partial charge in [-0.3, -0.25) is 4.79 Å². The van der Waals surface area contributed by atoms with Gasteiger partial charge in [-0.05, 0) is 31.4 Å². The second kappa shape index (κ2) is 6.47. The Hall–Kier alpha value is -1.56. The van der Waals surface area contributed by atoms with Gasteiger partial charge in [-0.15, -0.1) is 0 Å². The molecule has 1 heterocycles. The number of hydrogen-bond donors (Lipinski definition) is 1. The number of rotatable bonds is 4. The molecule has 0 saturated carbocycles. The van der Waals surface area contributed by atoms with Gasteiger partial charge in [0.25, 0.3) is 0 Å². The first-order valence-electron chi connectivity index (χ1n) is 6.93. The molecule has 1 aromatic rings. The van der Waals surface area contributed by atoms with E-state index in [1.165, 1.54) is 12.1 Å². The topological polar surface area (TPSA) is 38.3 Å². The molecular formula is C15H18F3NO2. The molecule has 3 nitrogen and oxygen atoms in total. The van der Waals surface area contributed by atoms with Gasteiger partial charge >= 0.3 is 6.18 Å². The fraction of sp³-hybridized carbons (Fsp3) is 0.533. The molecule has 1 aromatic carbocycles.